The zero-order valence-corrected chi connectivity index (χ0v) is 16.0. The molecule has 0 saturated carbocycles. The maximum absolute atomic E-state index is 12.4. The minimum absolute atomic E-state index is 0.206. The number of aromatic nitrogens is 4. The Morgan fingerprint density at radius 3 is 3.07 bits per heavy atom. The van der Waals surface area contributed by atoms with E-state index >= 15 is 0 Å². The number of hydrogen-bond acceptors (Lipinski definition) is 6. The summed E-state index contributed by atoms with van der Waals surface area (Å²) in [7, 11) is 0. The molecule has 0 aromatic carbocycles. The number of hydrogen-bond donors (Lipinski definition) is 1. The van der Waals surface area contributed by atoms with E-state index < -0.39 is 0 Å². The van der Waals surface area contributed by atoms with Crippen molar-refractivity contribution in [2.75, 3.05) is 18.4 Å². The third kappa shape index (κ3) is 4.40. The molecule has 3 aromatic rings. The van der Waals surface area contributed by atoms with Gasteiger partial charge >= 0.3 is 0 Å². The van der Waals surface area contributed by atoms with Crippen molar-refractivity contribution >= 4 is 22.4 Å². The van der Waals surface area contributed by atoms with Crippen molar-refractivity contribution in [3.05, 3.63) is 53.4 Å². The lowest BCUT2D eigenvalue weighted by molar-refractivity contribution is 0.102. The number of thiazole rings is 1. The van der Waals surface area contributed by atoms with Gasteiger partial charge in [0.2, 0.25) is 0 Å². The van der Waals surface area contributed by atoms with Crippen LogP contribution in [0.5, 0.6) is 0 Å². The van der Waals surface area contributed by atoms with Crippen LogP contribution >= 0.6 is 11.3 Å². The highest BCUT2D eigenvalue weighted by atomic mass is 32.1. The molecular weight excluding hydrogens is 360 g/mol. The van der Waals surface area contributed by atoms with Crippen molar-refractivity contribution in [3.63, 3.8) is 0 Å². The number of rotatable bonds is 5. The Bertz CT molecular complexity index is 889. The van der Waals surface area contributed by atoms with Crippen LogP contribution in [0.2, 0.25) is 0 Å². The second-order valence-electron chi connectivity index (χ2n) is 6.94. The molecule has 7 nitrogen and oxygen atoms in total. The van der Waals surface area contributed by atoms with E-state index in [9.17, 15) is 4.79 Å². The molecule has 140 valence electrons. The molecule has 3 aromatic heterocycles. The molecule has 1 N–H and O–H groups in total. The van der Waals surface area contributed by atoms with E-state index in [1.165, 1.54) is 24.2 Å². The van der Waals surface area contributed by atoms with E-state index in [2.05, 4.69) is 32.2 Å². The van der Waals surface area contributed by atoms with Gasteiger partial charge in [0.15, 0.2) is 10.9 Å². The number of nitrogens with zero attached hydrogens (tertiary/aromatic N) is 5. The van der Waals surface area contributed by atoms with E-state index in [1.807, 2.05) is 17.6 Å². The van der Waals surface area contributed by atoms with Gasteiger partial charge in [-0.25, -0.2) is 14.6 Å². The van der Waals surface area contributed by atoms with Crippen molar-refractivity contribution in [1.82, 2.24) is 24.6 Å². The van der Waals surface area contributed by atoms with Gasteiger partial charge in [-0.2, -0.15) is 5.10 Å². The number of amides is 1. The average Bonchev–Trinajstić information content (AvgIpc) is 3.34. The van der Waals surface area contributed by atoms with Gasteiger partial charge in [0, 0.05) is 37.1 Å². The molecule has 1 amide bonds. The fraction of sp³-hybridized carbons (Fsp3) is 0.368. The molecule has 1 atom stereocenters. The molecule has 27 heavy (non-hydrogen) atoms. The van der Waals surface area contributed by atoms with Crippen molar-refractivity contribution in [2.24, 2.45) is 5.92 Å². The molecule has 4 heterocycles. The Morgan fingerprint density at radius 2 is 2.33 bits per heavy atom. The fourth-order valence-electron chi connectivity index (χ4n) is 3.33. The molecule has 8 heteroatoms. The van der Waals surface area contributed by atoms with E-state index in [4.69, 9.17) is 0 Å². The SMILES string of the molecule is C[C@H]1CCCN(Cc2csc(NC(=O)c3ccc(-n4cccn4)nc3)n2)C1. The molecular formula is C19H22N6OS. The normalized spacial score (nSPS) is 17.7. The number of carbonyl (C=O) groups excluding carboxylic acids is 1. The first-order valence-electron chi connectivity index (χ1n) is 9.11. The number of pyridine rings is 1. The highest BCUT2D eigenvalue weighted by Crippen LogP contribution is 2.21. The van der Waals surface area contributed by atoms with Gasteiger partial charge in [-0.05, 0) is 43.5 Å². The molecule has 4 rings (SSSR count). The summed E-state index contributed by atoms with van der Waals surface area (Å²) in [6.07, 6.45) is 7.60. The van der Waals surface area contributed by atoms with Crippen LogP contribution in [0.1, 0.15) is 35.8 Å². The lowest BCUT2D eigenvalue weighted by Gasteiger charge is -2.30. The Morgan fingerprint density at radius 1 is 1.41 bits per heavy atom. The largest absolute Gasteiger partial charge is 0.298 e. The average molecular weight is 382 g/mol. The molecule has 0 spiro atoms. The zero-order chi connectivity index (χ0) is 18.6. The third-order valence-electron chi connectivity index (χ3n) is 4.65. The smallest absolute Gasteiger partial charge is 0.259 e. The number of piperidine rings is 1. The molecule has 1 fully saturated rings. The van der Waals surface area contributed by atoms with E-state index in [1.54, 1.807) is 29.2 Å². The van der Waals surface area contributed by atoms with Crippen molar-refractivity contribution in [1.29, 1.82) is 0 Å². The Labute approximate surface area is 162 Å². The number of anilines is 1. The maximum Gasteiger partial charge on any atom is 0.259 e. The summed E-state index contributed by atoms with van der Waals surface area (Å²) in [6, 6.07) is 5.34. The fourth-order valence-corrected chi connectivity index (χ4v) is 4.02. The van der Waals surface area contributed by atoms with E-state index in [0.29, 0.717) is 16.5 Å². The summed E-state index contributed by atoms with van der Waals surface area (Å²) < 4.78 is 1.65. The minimum atomic E-state index is -0.206. The van der Waals surface area contributed by atoms with E-state index in [0.717, 1.165) is 31.2 Å². The van der Waals surface area contributed by atoms with Crippen LogP contribution in [0.4, 0.5) is 5.13 Å². The zero-order valence-electron chi connectivity index (χ0n) is 15.2. The van der Waals surface area contributed by atoms with Crippen LogP contribution in [0, 0.1) is 5.92 Å². The third-order valence-corrected chi connectivity index (χ3v) is 5.45. The summed E-state index contributed by atoms with van der Waals surface area (Å²) in [5.41, 5.74) is 1.50. The van der Waals surface area contributed by atoms with Crippen LogP contribution in [-0.2, 0) is 6.54 Å². The monoisotopic (exact) mass is 382 g/mol. The quantitative estimate of drug-likeness (QED) is 0.733. The molecule has 0 radical (unpaired) electrons. The van der Waals surface area contributed by atoms with Gasteiger partial charge in [-0.1, -0.05) is 6.92 Å². The van der Waals surface area contributed by atoms with Gasteiger partial charge in [-0.15, -0.1) is 11.3 Å². The summed E-state index contributed by atoms with van der Waals surface area (Å²) >= 11 is 1.46. The summed E-state index contributed by atoms with van der Waals surface area (Å²) in [5.74, 6) is 1.21. The Kier molecular flexibility index (Phi) is 5.26. The van der Waals surface area contributed by atoms with Gasteiger partial charge in [0.1, 0.15) is 0 Å². The summed E-state index contributed by atoms with van der Waals surface area (Å²) in [6.45, 7) is 5.38. The van der Waals surface area contributed by atoms with Crippen molar-refractivity contribution in [3.8, 4) is 5.82 Å². The Balaban J connectivity index is 1.36. The van der Waals surface area contributed by atoms with Crippen LogP contribution in [0.15, 0.2) is 42.2 Å². The molecule has 1 aliphatic rings. The summed E-state index contributed by atoms with van der Waals surface area (Å²) in [5, 5.41) is 9.63. The number of carbonyl (C=O) groups is 1. The molecule has 1 saturated heterocycles. The van der Waals surface area contributed by atoms with Gasteiger partial charge in [0.05, 0.1) is 11.3 Å². The highest BCUT2D eigenvalue weighted by molar-refractivity contribution is 7.13. The first-order chi connectivity index (χ1) is 13.2. The standard InChI is InChI=1S/C19H22N6OS/c1-14-4-2-8-24(11-14)12-16-13-27-19(22-16)23-18(26)15-5-6-17(20-10-15)25-9-3-7-21-25/h3,5-7,9-10,13-14H,2,4,8,11-12H2,1H3,(H,22,23,26)/t14-/m0/s1. The first kappa shape index (κ1) is 17.8. The van der Waals surface area contributed by atoms with Crippen LogP contribution in [0.25, 0.3) is 5.82 Å². The van der Waals surface area contributed by atoms with Crippen LogP contribution < -0.4 is 5.32 Å². The summed E-state index contributed by atoms with van der Waals surface area (Å²) in [4.78, 5) is 23.7. The number of nitrogens with one attached hydrogen (secondary N) is 1. The molecule has 0 bridgehead atoms. The van der Waals surface area contributed by atoms with Gasteiger partial charge in [-0.3, -0.25) is 15.0 Å². The topological polar surface area (TPSA) is 75.9 Å². The first-order valence-corrected chi connectivity index (χ1v) is 9.99. The predicted octanol–water partition coefficient (Wildman–Crippen LogP) is 3.21. The second-order valence-corrected chi connectivity index (χ2v) is 7.79. The van der Waals surface area contributed by atoms with Crippen LogP contribution in [0.3, 0.4) is 0 Å². The maximum atomic E-state index is 12.4. The van der Waals surface area contributed by atoms with Crippen molar-refractivity contribution < 1.29 is 4.79 Å². The van der Waals surface area contributed by atoms with E-state index in [-0.39, 0.29) is 5.91 Å². The van der Waals surface area contributed by atoms with Gasteiger partial charge in [0.25, 0.3) is 5.91 Å². The molecule has 0 unspecified atom stereocenters. The second kappa shape index (κ2) is 7.98. The predicted molar refractivity (Wildman–Crippen MR) is 105 cm³/mol. The highest BCUT2D eigenvalue weighted by Gasteiger charge is 2.18. The lowest BCUT2D eigenvalue weighted by atomic mass is 10.0. The van der Waals surface area contributed by atoms with Gasteiger partial charge < -0.3 is 0 Å². The molecule has 1 aliphatic heterocycles. The minimum Gasteiger partial charge on any atom is -0.298 e. The lowest BCUT2D eigenvalue weighted by Crippen LogP contribution is -2.33. The van der Waals surface area contributed by atoms with Crippen LogP contribution in [-0.4, -0.2) is 43.6 Å². The molecule has 0 aliphatic carbocycles. The van der Waals surface area contributed by atoms with Crippen molar-refractivity contribution in [2.45, 2.75) is 26.3 Å². The number of likely N-dealkylation sites (tertiary alicyclic amines) is 1. The Hall–Kier alpha value is -2.58.